The lowest BCUT2D eigenvalue weighted by atomic mass is 9.64. The van der Waals surface area contributed by atoms with Crippen molar-refractivity contribution in [2.75, 3.05) is 6.61 Å². The van der Waals surface area contributed by atoms with Crippen molar-refractivity contribution in [2.24, 2.45) is 85.6 Å². The number of carbonyl (C=O) groups excluding carboxylic acids is 2. The van der Waals surface area contributed by atoms with E-state index in [1.165, 1.54) is 44.9 Å². The Kier molecular flexibility index (Phi) is 14.3. The van der Waals surface area contributed by atoms with Crippen molar-refractivity contribution < 1.29 is 24.6 Å². The van der Waals surface area contributed by atoms with Gasteiger partial charge in [0.15, 0.2) is 0 Å². The molecule has 0 aromatic heterocycles. The molecule has 0 aliphatic heterocycles. The smallest absolute Gasteiger partial charge is 0.226 e. The average molecular weight is 854 g/mol. The van der Waals surface area contributed by atoms with Crippen molar-refractivity contribution in [3.8, 4) is 0 Å². The predicted molar refractivity (Wildman–Crippen MR) is 231 cm³/mol. The number of Topliss-reactive ketones (excluding diaryl/α,β-unsaturated/α-hetero) is 1. The lowest BCUT2D eigenvalue weighted by molar-refractivity contribution is -0.135. The van der Waals surface area contributed by atoms with Crippen LogP contribution in [-0.2, 0) is 14.4 Å². The second kappa shape index (κ2) is 19.7. The minimum atomic E-state index is -0.812. The normalized spacial score (nSPS) is 48.6. The fourth-order valence-electron chi connectivity index (χ4n) is 14.9. The van der Waals surface area contributed by atoms with Crippen molar-refractivity contribution in [3.05, 3.63) is 0 Å². The second-order valence-corrected chi connectivity index (χ2v) is 22.4. The van der Waals surface area contributed by atoms with E-state index < -0.39 is 18.1 Å². The molecule has 9 aliphatic rings. The predicted octanol–water partition coefficient (Wildman–Crippen LogP) is 8.92. The van der Waals surface area contributed by atoms with Crippen molar-refractivity contribution in [1.82, 2.24) is 10.8 Å². The highest BCUT2D eigenvalue weighted by molar-refractivity contribution is 6.21. The number of fused-ring (bicyclic) bond motifs is 5. The summed E-state index contributed by atoms with van der Waals surface area (Å²) < 4.78 is 0. The second-order valence-electron chi connectivity index (χ2n) is 21.9. The molecule has 0 heterocycles. The maximum Gasteiger partial charge on any atom is 0.226 e. The van der Waals surface area contributed by atoms with Crippen LogP contribution in [0.2, 0.25) is 0 Å². The Hall–Kier alpha value is -1.53. The highest BCUT2D eigenvalue weighted by atomic mass is 35.5. The van der Waals surface area contributed by atoms with Crippen LogP contribution in [0.15, 0.2) is 20.5 Å². The van der Waals surface area contributed by atoms with Crippen LogP contribution in [0.1, 0.15) is 161 Å². The van der Waals surface area contributed by atoms with Gasteiger partial charge in [0.05, 0.1) is 42.2 Å². The molecule has 9 fully saturated rings. The van der Waals surface area contributed by atoms with Crippen LogP contribution in [0, 0.1) is 65.1 Å². The van der Waals surface area contributed by atoms with Gasteiger partial charge in [-0.25, -0.2) is 0 Å². The van der Waals surface area contributed by atoms with Crippen LogP contribution >= 0.6 is 11.6 Å². The summed E-state index contributed by atoms with van der Waals surface area (Å²) in [6, 6.07) is -0.179. The van der Waals surface area contributed by atoms with Gasteiger partial charge < -0.3 is 20.4 Å². The number of aliphatic hydroxyl groups excluding tert-OH is 2. The Morgan fingerprint density at radius 3 is 1.90 bits per heavy atom. The third-order valence-corrected chi connectivity index (χ3v) is 18.7. The summed E-state index contributed by atoms with van der Waals surface area (Å²) in [4.78, 5) is 34.0. The van der Waals surface area contributed by atoms with Gasteiger partial charge in [0.2, 0.25) is 5.91 Å². The number of alkyl halides is 1. The number of rotatable bonds is 10. The highest BCUT2D eigenvalue weighted by Crippen LogP contribution is 2.54. The number of hydrogen-bond donors (Lipinski definition) is 4. The SMILES string of the molecule is CC1CCCC(NC(=O)C2CC3CCCCC3C(N=NC3CCC4C(C3)C(=O)C3CC(N=NC5C(O)C(CONC6CCCCC6Cl)CC6CCCCC65)CCC34)C2O)C1. The summed E-state index contributed by atoms with van der Waals surface area (Å²) >= 11 is 6.58. The number of hydroxylamine groups is 1. The van der Waals surface area contributed by atoms with E-state index in [2.05, 4.69) is 17.7 Å². The van der Waals surface area contributed by atoms with Crippen LogP contribution in [0.25, 0.3) is 0 Å². The molecule has 20 unspecified atom stereocenters. The van der Waals surface area contributed by atoms with E-state index in [1.54, 1.807) is 0 Å². The third-order valence-electron chi connectivity index (χ3n) is 18.2. The number of hydrogen-bond acceptors (Lipinski definition) is 10. The molecule has 11 nitrogen and oxygen atoms in total. The first-order valence-electron chi connectivity index (χ1n) is 25.2. The minimum absolute atomic E-state index is 0.0126. The molecule has 0 spiro atoms. The fraction of sp³-hybridized carbons (Fsp3) is 0.958. The highest BCUT2D eigenvalue weighted by Gasteiger charge is 2.54. The molecule has 0 aromatic carbocycles. The molecule has 0 aromatic rings. The topological polar surface area (TPSA) is 157 Å². The molecule has 20 atom stereocenters. The van der Waals surface area contributed by atoms with E-state index in [1.807, 2.05) is 0 Å². The van der Waals surface area contributed by atoms with Crippen LogP contribution in [0.5, 0.6) is 0 Å². The molecule has 9 aliphatic carbocycles. The molecular weight excluding hydrogens is 776 g/mol. The van der Waals surface area contributed by atoms with Crippen LogP contribution in [0.3, 0.4) is 0 Å². The number of amides is 1. The minimum Gasteiger partial charge on any atom is -0.390 e. The lowest BCUT2D eigenvalue weighted by Crippen LogP contribution is -2.54. The molecule has 12 heteroatoms. The Balaban J connectivity index is 0.806. The fourth-order valence-corrected chi connectivity index (χ4v) is 15.2. The lowest BCUT2D eigenvalue weighted by Gasteiger charge is -2.45. The summed E-state index contributed by atoms with van der Waals surface area (Å²) in [5.74, 6) is 3.06. The number of nitrogens with zero attached hydrogens (tertiary/aromatic N) is 4. The van der Waals surface area contributed by atoms with Gasteiger partial charge in [-0.2, -0.15) is 25.9 Å². The average Bonchev–Trinajstić information content (AvgIpc) is 3.53. The van der Waals surface area contributed by atoms with Crippen molar-refractivity contribution in [3.63, 3.8) is 0 Å². The van der Waals surface area contributed by atoms with Gasteiger partial charge in [-0.15, -0.1) is 11.6 Å². The quantitative estimate of drug-likeness (QED) is 0.0977. The van der Waals surface area contributed by atoms with Crippen LogP contribution in [-0.4, -0.2) is 82.3 Å². The number of ketones is 1. The van der Waals surface area contributed by atoms with E-state index >= 15 is 0 Å². The van der Waals surface area contributed by atoms with Crippen LogP contribution in [0.4, 0.5) is 0 Å². The molecule has 0 saturated heterocycles. The Morgan fingerprint density at radius 1 is 0.650 bits per heavy atom. The summed E-state index contributed by atoms with van der Waals surface area (Å²) in [6.45, 7) is 2.73. The monoisotopic (exact) mass is 853 g/mol. The number of halogens is 1. The Morgan fingerprint density at radius 2 is 1.25 bits per heavy atom. The first-order chi connectivity index (χ1) is 29.2. The molecule has 60 heavy (non-hydrogen) atoms. The zero-order valence-corrected chi connectivity index (χ0v) is 37.3. The zero-order valence-electron chi connectivity index (χ0n) is 36.5. The maximum atomic E-state index is 14.2. The van der Waals surface area contributed by atoms with Gasteiger partial charge >= 0.3 is 0 Å². The van der Waals surface area contributed by atoms with Crippen molar-refractivity contribution in [1.29, 1.82) is 0 Å². The number of nitrogens with one attached hydrogen (secondary N) is 2. The zero-order chi connectivity index (χ0) is 41.3. The molecular formula is C48H77ClN6O5. The number of carbonyl (C=O) groups is 2. The van der Waals surface area contributed by atoms with E-state index in [0.29, 0.717) is 47.9 Å². The Bertz CT molecular complexity index is 1540. The molecule has 9 saturated carbocycles. The van der Waals surface area contributed by atoms with E-state index in [-0.39, 0.29) is 71.2 Å². The molecule has 336 valence electrons. The number of aliphatic hydroxyl groups is 2. The van der Waals surface area contributed by atoms with Crippen LogP contribution < -0.4 is 10.8 Å². The first kappa shape index (κ1) is 43.7. The maximum absolute atomic E-state index is 14.2. The summed E-state index contributed by atoms with van der Waals surface area (Å²) in [7, 11) is 0. The molecule has 0 bridgehead atoms. The summed E-state index contributed by atoms with van der Waals surface area (Å²) in [5, 5.41) is 47.0. The van der Waals surface area contributed by atoms with Gasteiger partial charge in [-0.05, 0) is 131 Å². The molecule has 1 amide bonds. The van der Waals surface area contributed by atoms with Gasteiger partial charge in [0.1, 0.15) is 17.9 Å². The summed E-state index contributed by atoms with van der Waals surface area (Å²) in [5.41, 5.74) is 3.25. The van der Waals surface area contributed by atoms with E-state index in [4.69, 9.17) is 36.9 Å². The standard InChI is InChI=1S/C48H77ClN6O5/c1-27-9-8-12-31(21-27)50-48(59)40-23-29-11-3-5-14-35(29)44(47(40)58)54-52-33-18-20-37-36-19-17-32(24-38(36)46(57)39(37)25-33)51-53-43-34-13-4-2-10-28(34)22-30(45(43)56)26-60-55-42-16-7-6-15-41(42)49/h27-45,47,55-56,58H,2-26H2,1H3,(H,50,59). The van der Waals surface area contributed by atoms with E-state index in [9.17, 15) is 19.8 Å². The molecule has 4 N–H and O–H groups in total. The largest absolute Gasteiger partial charge is 0.390 e. The first-order valence-corrected chi connectivity index (χ1v) is 25.7. The number of azo groups is 2. The molecule has 9 rings (SSSR count). The van der Waals surface area contributed by atoms with Crippen molar-refractivity contribution in [2.45, 2.75) is 215 Å². The van der Waals surface area contributed by atoms with Gasteiger partial charge in [-0.1, -0.05) is 71.1 Å². The molecule has 0 radical (unpaired) electrons. The third kappa shape index (κ3) is 9.47. The van der Waals surface area contributed by atoms with Gasteiger partial charge in [0.25, 0.3) is 0 Å². The summed E-state index contributed by atoms with van der Waals surface area (Å²) in [6.07, 6.45) is 23.7. The van der Waals surface area contributed by atoms with Gasteiger partial charge in [-0.3, -0.25) is 9.59 Å². The van der Waals surface area contributed by atoms with Crippen molar-refractivity contribution >= 4 is 23.3 Å². The van der Waals surface area contributed by atoms with Gasteiger partial charge in [0, 0.05) is 29.8 Å². The van der Waals surface area contributed by atoms with E-state index in [0.717, 1.165) is 109 Å². The Labute approximate surface area is 364 Å².